The number of nitrogens with zero attached hydrogens (tertiary/aromatic N) is 3. The molecule has 0 spiro atoms. The van der Waals surface area contributed by atoms with E-state index in [-0.39, 0.29) is 11.7 Å². The predicted octanol–water partition coefficient (Wildman–Crippen LogP) is 3.99. The topological polar surface area (TPSA) is 50.2 Å². The Morgan fingerprint density at radius 2 is 1.85 bits per heavy atom. The van der Waals surface area contributed by atoms with Crippen LogP contribution in [-0.4, -0.2) is 22.2 Å². The van der Waals surface area contributed by atoms with E-state index in [9.17, 15) is 9.18 Å². The van der Waals surface area contributed by atoms with Crippen molar-refractivity contribution in [1.82, 2.24) is 9.78 Å². The fraction of sp³-hybridized carbons (Fsp3) is 0.238. The maximum absolute atomic E-state index is 13.0. The molecule has 0 atom stereocenters. The van der Waals surface area contributed by atoms with Crippen LogP contribution in [0.1, 0.15) is 28.0 Å². The first-order valence-electron chi connectivity index (χ1n) is 9.04. The first kappa shape index (κ1) is 17.3. The monoisotopic (exact) mass is 364 g/mol. The smallest absolute Gasteiger partial charge is 0.255 e. The number of fused-ring (bicyclic) bond motifs is 1. The first-order chi connectivity index (χ1) is 13.1. The summed E-state index contributed by atoms with van der Waals surface area (Å²) in [5.41, 5.74) is 3.32. The number of hydrogen-bond donors (Lipinski definition) is 1. The van der Waals surface area contributed by atoms with Crippen molar-refractivity contribution in [3.63, 3.8) is 0 Å². The van der Waals surface area contributed by atoms with Gasteiger partial charge in [0.05, 0.1) is 5.69 Å². The molecule has 2 aromatic carbocycles. The number of amides is 1. The van der Waals surface area contributed by atoms with Crippen LogP contribution in [0.4, 0.5) is 15.9 Å². The average molecular weight is 364 g/mol. The van der Waals surface area contributed by atoms with Crippen LogP contribution in [0.3, 0.4) is 0 Å². The van der Waals surface area contributed by atoms with E-state index >= 15 is 0 Å². The zero-order chi connectivity index (χ0) is 18.8. The number of halogens is 1. The van der Waals surface area contributed by atoms with Crippen LogP contribution in [0.25, 0.3) is 0 Å². The van der Waals surface area contributed by atoms with E-state index in [2.05, 4.69) is 26.1 Å². The van der Waals surface area contributed by atoms with Crippen LogP contribution in [0.2, 0.25) is 0 Å². The van der Waals surface area contributed by atoms with Crippen molar-refractivity contribution in [1.29, 1.82) is 0 Å². The van der Waals surface area contributed by atoms with Crippen molar-refractivity contribution in [2.24, 2.45) is 0 Å². The lowest BCUT2D eigenvalue weighted by atomic mass is 10.1. The molecule has 1 aliphatic rings. The molecule has 27 heavy (non-hydrogen) atoms. The van der Waals surface area contributed by atoms with Gasteiger partial charge in [-0.2, -0.15) is 5.10 Å². The Morgan fingerprint density at radius 3 is 2.59 bits per heavy atom. The predicted molar refractivity (Wildman–Crippen MR) is 103 cm³/mol. The summed E-state index contributed by atoms with van der Waals surface area (Å²) in [5, 5.41) is 7.30. The summed E-state index contributed by atoms with van der Waals surface area (Å²) in [4.78, 5) is 14.7. The normalized spacial score (nSPS) is 13.3. The van der Waals surface area contributed by atoms with E-state index < -0.39 is 0 Å². The van der Waals surface area contributed by atoms with Crippen molar-refractivity contribution < 1.29 is 9.18 Å². The summed E-state index contributed by atoms with van der Waals surface area (Å²) in [6, 6.07) is 15.4. The Bertz CT molecular complexity index is 947. The number of aryl methyl sites for hydroxylation is 2. The number of anilines is 2. The van der Waals surface area contributed by atoms with E-state index in [0.29, 0.717) is 11.3 Å². The minimum Gasteiger partial charge on any atom is -0.352 e. The van der Waals surface area contributed by atoms with Gasteiger partial charge in [0.15, 0.2) is 0 Å². The molecule has 0 radical (unpaired) electrons. The van der Waals surface area contributed by atoms with Gasteiger partial charge in [-0.15, -0.1) is 0 Å². The third-order valence-corrected chi connectivity index (χ3v) is 4.69. The quantitative estimate of drug-likeness (QED) is 0.761. The second-order valence-corrected chi connectivity index (χ2v) is 6.80. The van der Waals surface area contributed by atoms with E-state index in [4.69, 9.17) is 0 Å². The van der Waals surface area contributed by atoms with Gasteiger partial charge in [0, 0.05) is 37.0 Å². The molecule has 2 heterocycles. The lowest BCUT2D eigenvalue weighted by molar-refractivity contribution is 0.102. The van der Waals surface area contributed by atoms with Crippen molar-refractivity contribution in [2.45, 2.75) is 26.4 Å². The number of nitrogens with one attached hydrogen (secondary N) is 1. The van der Waals surface area contributed by atoms with Gasteiger partial charge in [0.1, 0.15) is 11.6 Å². The Hall–Kier alpha value is -3.15. The largest absolute Gasteiger partial charge is 0.352 e. The van der Waals surface area contributed by atoms with Crippen molar-refractivity contribution >= 4 is 17.4 Å². The highest BCUT2D eigenvalue weighted by Crippen LogP contribution is 2.23. The van der Waals surface area contributed by atoms with E-state index in [1.807, 2.05) is 31.2 Å². The van der Waals surface area contributed by atoms with Gasteiger partial charge in [0.2, 0.25) is 0 Å². The van der Waals surface area contributed by atoms with Crippen molar-refractivity contribution in [3.8, 4) is 0 Å². The molecule has 1 N–H and O–H groups in total. The molecule has 0 saturated carbocycles. The van der Waals surface area contributed by atoms with Gasteiger partial charge in [-0.05, 0) is 55.3 Å². The molecule has 1 aliphatic heterocycles. The molecule has 4 rings (SSSR count). The Balaban J connectivity index is 1.43. The van der Waals surface area contributed by atoms with Crippen LogP contribution in [0.5, 0.6) is 0 Å². The molecule has 0 fully saturated rings. The van der Waals surface area contributed by atoms with Crippen molar-refractivity contribution in [2.75, 3.05) is 16.8 Å². The number of aromatic nitrogens is 2. The molecule has 138 valence electrons. The summed E-state index contributed by atoms with van der Waals surface area (Å²) >= 11 is 0. The van der Waals surface area contributed by atoms with Crippen LogP contribution < -0.4 is 10.2 Å². The first-order valence-corrected chi connectivity index (χ1v) is 9.04. The highest BCUT2D eigenvalue weighted by Gasteiger charge is 2.18. The molecule has 5 nitrogen and oxygen atoms in total. The van der Waals surface area contributed by atoms with Crippen LogP contribution >= 0.6 is 0 Å². The van der Waals surface area contributed by atoms with Crippen LogP contribution in [0.15, 0.2) is 54.6 Å². The fourth-order valence-corrected chi connectivity index (χ4v) is 3.36. The molecule has 6 heteroatoms. The van der Waals surface area contributed by atoms with E-state index in [1.165, 1.54) is 12.1 Å². The second-order valence-electron chi connectivity index (χ2n) is 6.80. The molecular weight excluding hydrogens is 343 g/mol. The average Bonchev–Trinajstić information content (AvgIpc) is 3.05. The molecule has 3 aromatic rings. The van der Waals surface area contributed by atoms with Crippen LogP contribution in [-0.2, 0) is 13.1 Å². The SMILES string of the molecule is Cc1cc2n(n1)CCCN2Cc1ccc(C(=O)Nc2ccc(F)cc2)cc1. The molecule has 0 aliphatic carbocycles. The summed E-state index contributed by atoms with van der Waals surface area (Å²) < 4.78 is 15.0. The highest BCUT2D eigenvalue weighted by molar-refractivity contribution is 6.04. The summed E-state index contributed by atoms with van der Waals surface area (Å²) in [5.74, 6) is 0.614. The third kappa shape index (κ3) is 3.84. The zero-order valence-electron chi connectivity index (χ0n) is 15.2. The van der Waals surface area contributed by atoms with Crippen LogP contribution in [0, 0.1) is 12.7 Å². The molecular formula is C21H21FN4O. The van der Waals surface area contributed by atoms with Gasteiger partial charge in [-0.1, -0.05) is 12.1 Å². The number of benzene rings is 2. The second kappa shape index (κ2) is 7.23. The number of carbonyl (C=O) groups excluding carboxylic acids is 1. The number of rotatable bonds is 4. The Morgan fingerprint density at radius 1 is 1.11 bits per heavy atom. The highest BCUT2D eigenvalue weighted by atomic mass is 19.1. The fourth-order valence-electron chi connectivity index (χ4n) is 3.36. The minimum absolute atomic E-state index is 0.208. The Labute approximate surface area is 157 Å². The summed E-state index contributed by atoms with van der Waals surface area (Å²) in [7, 11) is 0. The summed E-state index contributed by atoms with van der Waals surface area (Å²) in [6.45, 7) is 4.75. The molecule has 0 unspecified atom stereocenters. The zero-order valence-corrected chi connectivity index (χ0v) is 15.2. The van der Waals surface area contributed by atoms with Gasteiger partial charge >= 0.3 is 0 Å². The maximum Gasteiger partial charge on any atom is 0.255 e. The van der Waals surface area contributed by atoms with Gasteiger partial charge in [-0.3, -0.25) is 4.79 Å². The van der Waals surface area contributed by atoms with E-state index in [0.717, 1.165) is 43.1 Å². The molecule has 0 bridgehead atoms. The summed E-state index contributed by atoms with van der Waals surface area (Å²) in [6.07, 6.45) is 1.08. The lowest BCUT2D eigenvalue weighted by Gasteiger charge is -2.29. The molecule has 0 saturated heterocycles. The molecule has 1 aromatic heterocycles. The van der Waals surface area contributed by atoms with Crippen molar-refractivity contribution in [3.05, 3.63) is 77.2 Å². The number of carbonyl (C=O) groups is 1. The standard InChI is InChI=1S/C21H21FN4O/c1-15-13-20-25(11-2-12-26(20)24-15)14-16-3-5-17(6-4-16)21(27)23-19-9-7-18(22)8-10-19/h3-10,13H,2,11-12,14H2,1H3,(H,23,27). The van der Waals surface area contributed by atoms with E-state index in [1.54, 1.807) is 12.1 Å². The van der Waals surface area contributed by atoms with Gasteiger partial charge in [0.25, 0.3) is 5.91 Å². The Kier molecular flexibility index (Phi) is 4.62. The maximum atomic E-state index is 13.0. The lowest BCUT2D eigenvalue weighted by Crippen LogP contribution is -2.31. The minimum atomic E-state index is -0.327. The van der Waals surface area contributed by atoms with Gasteiger partial charge < -0.3 is 10.2 Å². The third-order valence-electron chi connectivity index (χ3n) is 4.69. The van der Waals surface area contributed by atoms with Gasteiger partial charge in [-0.25, -0.2) is 9.07 Å². The molecule has 1 amide bonds. The number of hydrogen-bond acceptors (Lipinski definition) is 3.